The maximum Gasteiger partial charge on any atom is 0.345 e. The average molecular weight is 402 g/mol. The van der Waals surface area contributed by atoms with E-state index in [2.05, 4.69) is 19.9 Å². The highest BCUT2D eigenvalue weighted by Gasteiger charge is 2.38. The van der Waals surface area contributed by atoms with Gasteiger partial charge in [0.15, 0.2) is 0 Å². The molecule has 0 radical (unpaired) electrons. The lowest BCUT2D eigenvalue weighted by Gasteiger charge is -2.34. The van der Waals surface area contributed by atoms with E-state index in [9.17, 15) is 14.7 Å². The molecule has 1 aromatic carbocycles. The molecule has 6 heteroatoms. The summed E-state index contributed by atoms with van der Waals surface area (Å²) in [6, 6.07) is 1.44. The smallest absolute Gasteiger partial charge is 0.345 e. The largest absolute Gasteiger partial charge is 0.508 e. The van der Waals surface area contributed by atoms with E-state index < -0.39 is 17.7 Å². The molecule has 158 valence electrons. The van der Waals surface area contributed by atoms with E-state index in [4.69, 9.17) is 14.2 Å². The first-order chi connectivity index (χ1) is 13.5. The third kappa shape index (κ3) is 6.11. The van der Waals surface area contributed by atoms with E-state index >= 15 is 0 Å². The first-order valence-corrected chi connectivity index (χ1v) is 9.72. The molecule has 0 atom stereocenters. The first kappa shape index (κ1) is 22.5. The molecule has 1 aliphatic rings. The average Bonchev–Trinajstić information content (AvgIpc) is 2.57. The van der Waals surface area contributed by atoms with Crippen LogP contribution in [0, 0.1) is 0 Å². The molecule has 2 rings (SSSR count). The minimum Gasteiger partial charge on any atom is -0.508 e. The van der Waals surface area contributed by atoms with Crippen molar-refractivity contribution in [3.05, 3.63) is 46.1 Å². The summed E-state index contributed by atoms with van der Waals surface area (Å²) in [4.78, 5) is 23.8. The van der Waals surface area contributed by atoms with E-state index in [-0.39, 0.29) is 23.7 Å². The molecule has 0 amide bonds. The molecule has 29 heavy (non-hydrogen) atoms. The number of carbonyl (C=O) groups is 2. The fourth-order valence-corrected chi connectivity index (χ4v) is 3.07. The van der Waals surface area contributed by atoms with Gasteiger partial charge in [-0.2, -0.15) is 0 Å². The molecule has 0 aromatic heterocycles. The van der Waals surface area contributed by atoms with Crippen LogP contribution >= 0.6 is 0 Å². The predicted octanol–water partition coefficient (Wildman–Crippen LogP) is 4.98. The molecule has 1 aromatic rings. The van der Waals surface area contributed by atoms with Gasteiger partial charge in [-0.1, -0.05) is 23.3 Å². The van der Waals surface area contributed by atoms with Crippen molar-refractivity contribution in [2.24, 2.45) is 0 Å². The van der Waals surface area contributed by atoms with Crippen molar-refractivity contribution in [2.45, 2.75) is 73.2 Å². The predicted molar refractivity (Wildman–Crippen MR) is 110 cm³/mol. The second-order valence-corrected chi connectivity index (χ2v) is 7.98. The lowest BCUT2D eigenvalue weighted by Crippen LogP contribution is -2.40. The molecule has 0 aliphatic carbocycles. The fourth-order valence-electron chi connectivity index (χ4n) is 3.07. The number of carbonyl (C=O) groups excluding carboxylic acids is 2. The van der Waals surface area contributed by atoms with Crippen LogP contribution in [0.25, 0.3) is 0 Å². The van der Waals surface area contributed by atoms with Gasteiger partial charge in [-0.25, -0.2) is 4.79 Å². The van der Waals surface area contributed by atoms with Crippen molar-refractivity contribution in [1.82, 2.24) is 0 Å². The van der Waals surface area contributed by atoms with Crippen molar-refractivity contribution >= 4 is 11.9 Å². The molecule has 0 saturated heterocycles. The second-order valence-electron chi connectivity index (χ2n) is 7.98. The van der Waals surface area contributed by atoms with Crippen molar-refractivity contribution < 1.29 is 28.9 Å². The van der Waals surface area contributed by atoms with Gasteiger partial charge in [-0.3, -0.25) is 4.79 Å². The SMILES string of the molecule is CC(=O)OCc1cc(O)c(C/C=C(\C)CCC=C(C)C)c2c1C(=O)OC(C)(C)O2. The van der Waals surface area contributed by atoms with Gasteiger partial charge in [0.05, 0.1) is 0 Å². The minimum absolute atomic E-state index is 0.00949. The molecule has 1 aliphatic heterocycles. The van der Waals surface area contributed by atoms with Gasteiger partial charge in [0.2, 0.25) is 5.79 Å². The number of phenolic OH excluding ortho intramolecular Hbond substituents is 1. The zero-order chi connectivity index (χ0) is 21.8. The third-order valence-electron chi connectivity index (χ3n) is 4.51. The standard InChI is InChI=1S/C23H30O6/c1-14(2)8-7-9-15(3)10-11-18-19(25)12-17(13-27-16(4)24)20-21(18)28-23(5,6)29-22(20)26/h8,10,12,25H,7,9,11,13H2,1-6H3/b15-10+. The van der Waals surface area contributed by atoms with Crippen LogP contribution < -0.4 is 4.74 Å². The molecule has 0 bridgehead atoms. The van der Waals surface area contributed by atoms with Crippen molar-refractivity contribution in [1.29, 1.82) is 0 Å². The Kier molecular flexibility index (Phi) is 7.11. The highest BCUT2D eigenvalue weighted by atomic mass is 16.7. The highest BCUT2D eigenvalue weighted by Crippen LogP contribution is 2.41. The Morgan fingerprint density at radius 1 is 1.17 bits per heavy atom. The van der Waals surface area contributed by atoms with E-state index in [0.717, 1.165) is 12.8 Å². The highest BCUT2D eigenvalue weighted by molar-refractivity contribution is 5.96. The lowest BCUT2D eigenvalue weighted by molar-refractivity contribution is -0.142. The Bertz CT molecular complexity index is 857. The fraction of sp³-hybridized carbons (Fsp3) is 0.478. The summed E-state index contributed by atoms with van der Waals surface area (Å²) < 4.78 is 16.3. The number of allylic oxidation sites excluding steroid dienone is 4. The van der Waals surface area contributed by atoms with Gasteiger partial charge in [0.25, 0.3) is 0 Å². The van der Waals surface area contributed by atoms with Gasteiger partial charge in [0.1, 0.15) is 23.7 Å². The van der Waals surface area contributed by atoms with Gasteiger partial charge in [-0.05, 0) is 46.1 Å². The van der Waals surface area contributed by atoms with E-state index in [0.29, 0.717) is 17.5 Å². The molecule has 0 spiro atoms. The van der Waals surface area contributed by atoms with Crippen molar-refractivity contribution in [3.8, 4) is 11.5 Å². The molecule has 6 nitrogen and oxygen atoms in total. The number of fused-ring (bicyclic) bond motifs is 1. The first-order valence-electron chi connectivity index (χ1n) is 9.72. The minimum atomic E-state index is -1.16. The molecule has 0 unspecified atom stereocenters. The summed E-state index contributed by atoms with van der Waals surface area (Å²) in [7, 11) is 0. The van der Waals surface area contributed by atoms with E-state index in [1.54, 1.807) is 13.8 Å². The van der Waals surface area contributed by atoms with Crippen LogP contribution in [0.15, 0.2) is 29.4 Å². The summed E-state index contributed by atoms with van der Waals surface area (Å²) in [5.41, 5.74) is 3.51. The second kappa shape index (κ2) is 9.16. The number of hydrogen-bond donors (Lipinski definition) is 1. The molecule has 0 fully saturated rings. The Labute approximate surface area is 172 Å². The van der Waals surface area contributed by atoms with Crippen LogP contribution in [-0.4, -0.2) is 22.8 Å². The number of esters is 2. The Morgan fingerprint density at radius 2 is 1.86 bits per heavy atom. The zero-order valence-electron chi connectivity index (χ0n) is 18.0. The van der Waals surface area contributed by atoms with E-state index in [1.807, 2.05) is 13.0 Å². The zero-order valence-corrected chi connectivity index (χ0v) is 18.0. The topological polar surface area (TPSA) is 82.1 Å². The third-order valence-corrected chi connectivity index (χ3v) is 4.51. The number of ether oxygens (including phenoxy) is 3. The van der Waals surface area contributed by atoms with Crippen LogP contribution in [-0.2, 0) is 27.3 Å². The molecular weight excluding hydrogens is 372 g/mol. The summed E-state index contributed by atoms with van der Waals surface area (Å²) in [5.74, 6) is -1.94. The normalized spacial score (nSPS) is 15.1. The van der Waals surface area contributed by atoms with Crippen molar-refractivity contribution in [2.75, 3.05) is 0 Å². The molecular formula is C23H30O6. The van der Waals surface area contributed by atoms with Gasteiger partial charge in [0, 0.05) is 31.9 Å². The van der Waals surface area contributed by atoms with Crippen LogP contribution in [0.4, 0.5) is 0 Å². The van der Waals surface area contributed by atoms with Crippen LogP contribution in [0.1, 0.15) is 75.9 Å². The number of hydrogen-bond acceptors (Lipinski definition) is 6. The lowest BCUT2D eigenvalue weighted by atomic mass is 9.97. The molecule has 0 saturated carbocycles. The number of phenols is 1. The Morgan fingerprint density at radius 3 is 2.48 bits per heavy atom. The maximum atomic E-state index is 12.6. The summed E-state index contributed by atoms with van der Waals surface area (Å²) in [5, 5.41) is 10.6. The van der Waals surface area contributed by atoms with Gasteiger partial charge in [-0.15, -0.1) is 0 Å². The number of aromatic hydroxyl groups is 1. The van der Waals surface area contributed by atoms with Crippen LogP contribution in [0.3, 0.4) is 0 Å². The monoisotopic (exact) mass is 402 g/mol. The van der Waals surface area contributed by atoms with Crippen LogP contribution in [0.5, 0.6) is 11.5 Å². The van der Waals surface area contributed by atoms with Gasteiger partial charge < -0.3 is 19.3 Å². The summed E-state index contributed by atoms with van der Waals surface area (Å²) in [6.07, 6.45) is 6.48. The van der Waals surface area contributed by atoms with Gasteiger partial charge >= 0.3 is 11.9 Å². The van der Waals surface area contributed by atoms with E-state index in [1.165, 1.54) is 24.1 Å². The Balaban J connectivity index is 2.40. The number of rotatable bonds is 7. The maximum absolute atomic E-state index is 12.6. The Hall–Kier alpha value is -2.76. The molecule has 1 N–H and O–H groups in total. The molecule has 1 heterocycles. The van der Waals surface area contributed by atoms with Crippen LogP contribution in [0.2, 0.25) is 0 Å². The quantitative estimate of drug-likeness (QED) is 0.512. The number of cyclic esters (lactones) is 1. The summed E-state index contributed by atoms with van der Waals surface area (Å²) in [6.45, 7) is 10.6. The van der Waals surface area contributed by atoms with Crippen molar-refractivity contribution in [3.63, 3.8) is 0 Å². The summed E-state index contributed by atoms with van der Waals surface area (Å²) >= 11 is 0. The number of benzene rings is 1.